The lowest BCUT2D eigenvalue weighted by atomic mass is 10.1. The molecule has 0 unspecified atom stereocenters. The molecule has 1 aromatic carbocycles. The standard InChI is InChI=1S/C19H31N3O2.HI/c1-3-20-19(22-16-17-12-8-7-9-13-17)21-15-11-6-5-10-14-18(23)24-4-2;/h7-9,12-13H,3-6,10-11,14-16H2,1-2H3,(H2,20,21,22);1H. The molecule has 0 aromatic heterocycles. The highest BCUT2D eigenvalue weighted by molar-refractivity contribution is 14.0. The van der Waals surface area contributed by atoms with Crippen LogP contribution in [0.4, 0.5) is 0 Å². The van der Waals surface area contributed by atoms with E-state index in [0.29, 0.717) is 19.6 Å². The first-order valence-corrected chi connectivity index (χ1v) is 8.98. The molecule has 0 amide bonds. The molecular formula is C19H32IN3O2. The summed E-state index contributed by atoms with van der Waals surface area (Å²) in [6.07, 6.45) is 4.66. The van der Waals surface area contributed by atoms with Gasteiger partial charge < -0.3 is 15.4 Å². The maximum Gasteiger partial charge on any atom is 0.305 e. The largest absolute Gasteiger partial charge is 0.466 e. The van der Waals surface area contributed by atoms with Crippen molar-refractivity contribution in [2.75, 3.05) is 19.7 Å². The quantitative estimate of drug-likeness (QED) is 0.173. The number of halogens is 1. The summed E-state index contributed by atoms with van der Waals surface area (Å²) in [5.41, 5.74) is 1.20. The number of esters is 1. The van der Waals surface area contributed by atoms with Gasteiger partial charge in [0.25, 0.3) is 0 Å². The molecule has 0 radical (unpaired) electrons. The van der Waals surface area contributed by atoms with Gasteiger partial charge in [0.15, 0.2) is 5.96 Å². The third-order valence-electron chi connectivity index (χ3n) is 3.51. The monoisotopic (exact) mass is 461 g/mol. The Balaban J connectivity index is 0.00000576. The van der Waals surface area contributed by atoms with Crippen LogP contribution in [0.3, 0.4) is 0 Å². The second-order valence-electron chi connectivity index (χ2n) is 5.58. The van der Waals surface area contributed by atoms with Crippen molar-refractivity contribution in [1.29, 1.82) is 0 Å². The summed E-state index contributed by atoms with van der Waals surface area (Å²) >= 11 is 0. The normalized spacial score (nSPS) is 10.7. The van der Waals surface area contributed by atoms with Gasteiger partial charge >= 0.3 is 5.97 Å². The van der Waals surface area contributed by atoms with Crippen LogP contribution in [0.1, 0.15) is 51.5 Å². The van der Waals surface area contributed by atoms with Crippen LogP contribution in [0.2, 0.25) is 0 Å². The van der Waals surface area contributed by atoms with E-state index in [-0.39, 0.29) is 29.9 Å². The van der Waals surface area contributed by atoms with E-state index in [0.717, 1.165) is 44.7 Å². The summed E-state index contributed by atoms with van der Waals surface area (Å²) < 4.78 is 4.92. The van der Waals surface area contributed by atoms with Gasteiger partial charge in [-0.2, -0.15) is 0 Å². The van der Waals surface area contributed by atoms with Crippen molar-refractivity contribution in [3.05, 3.63) is 35.9 Å². The van der Waals surface area contributed by atoms with E-state index in [9.17, 15) is 4.79 Å². The average Bonchev–Trinajstić information content (AvgIpc) is 2.60. The Morgan fingerprint density at radius 2 is 1.76 bits per heavy atom. The topological polar surface area (TPSA) is 62.7 Å². The van der Waals surface area contributed by atoms with Crippen LogP contribution in [-0.2, 0) is 16.1 Å². The molecule has 0 aliphatic heterocycles. The van der Waals surface area contributed by atoms with Crippen molar-refractivity contribution >= 4 is 35.9 Å². The lowest BCUT2D eigenvalue weighted by Crippen LogP contribution is -2.37. The molecule has 5 nitrogen and oxygen atoms in total. The maximum atomic E-state index is 11.2. The van der Waals surface area contributed by atoms with Crippen LogP contribution >= 0.6 is 24.0 Å². The maximum absolute atomic E-state index is 11.2. The van der Waals surface area contributed by atoms with Crippen molar-refractivity contribution in [2.45, 2.75) is 52.5 Å². The average molecular weight is 461 g/mol. The number of ether oxygens (including phenoxy) is 1. The lowest BCUT2D eigenvalue weighted by molar-refractivity contribution is -0.143. The van der Waals surface area contributed by atoms with E-state index in [4.69, 9.17) is 4.74 Å². The molecule has 0 fully saturated rings. The zero-order valence-electron chi connectivity index (χ0n) is 15.4. The van der Waals surface area contributed by atoms with Gasteiger partial charge in [-0.05, 0) is 32.3 Å². The Kier molecular flexibility index (Phi) is 15.3. The van der Waals surface area contributed by atoms with E-state index >= 15 is 0 Å². The molecule has 142 valence electrons. The first kappa shape index (κ1) is 23.7. The summed E-state index contributed by atoms with van der Waals surface area (Å²) in [6, 6.07) is 10.2. The summed E-state index contributed by atoms with van der Waals surface area (Å²) in [4.78, 5) is 15.8. The minimum absolute atomic E-state index is 0. The van der Waals surface area contributed by atoms with Crippen LogP contribution in [-0.4, -0.2) is 31.6 Å². The number of benzene rings is 1. The number of carbonyl (C=O) groups excluding carboxylic acids is 1. The van der Waals surface area contributed by atoms with Gasteiger partial charge in [0.2, 0.25) is 0 Å². The number of hydrogen-bond acceptors (Lipinski definition) is 3. The minimum Gasteiger partial charge on any atom is -0.466 e. The summed E-state index contributed by atoms with van der Waals surface area (Å²) in [5, 5.41) is 6.62. The molecule has 0 atom stereocenters. The zero-order chi connectivity index (χ0) is 17.5. The first-order chi connectivity index (χ1) is 11.8. The summed E-state index contributed by atoms with van der Waals surface area (Å²) in [5.74, 6) is 0.769. The van der Waals surface area contributed by atoms with Gasteiger partial charge in [-0.1, -0.05) is 43.2 Å². The Morgan fingerprint density at radius 3 is 2.44 bits per heavy atom. The smallest absolute Gasteiger partial charge is 0.305 e. The van der Waals surface area contributed by atoms with Crippen molar-refractivity contribution in [1.82, 2.24) is 10.6 Å². The number of aliphatic imine (C=N–C) groups is 1. The molecule has 0 saturated heterocycles. The number of unbranched alkanes of at least 4 members (excludes halogenated alkanes) is 3. The van der Waals surface area contributed by atoms with Crippen LogP contribution in [0.25, 0.3) is 0 Å². The van der Waals surface area contributed by atoms with Gasteiger partial charge in [0.1, 0.15) is 0 Å². The fourth-order valence-corrected chi connectivity index (χ4v) is 2.28. The third-order valence-corrected chi connectivity index (χ3v) is 3.51. The molecule has 1 rings (SSSR count). The van der Waals surface area contributed by atoms with E-state index in [1.165, 1.54) is 5.56 Å². The number of hydrogen-bond donors (Lipinski definition) is 2. The zero-order valence-corrected chi connectivity index (χ0v) is 17.8. The van der Waals surface area contributed by atoms with Crippen LogP contribution in [0, 0.1) is 0 Å². The molecule has 1 aromatic rings. The molecule has 0 spiro atoms. The second kappa shape index (κ2) is 16.2. The van der Waals surface area contributed by atoms with E-state index in [1.807, 2.05) is 25.1 Å². The fourth-order valence-electron chi connectivity index (χ4n) is 2.28. The molecule has 25 heavy (non-hydrogen) atoms. The van der Waals surface area contributed by atoms with E-state index < -0.39 is 0 Å². The minimum atomic E-state index is -0.0851. The second-order valence-corrected chi connectivity index (χ2v) is 5.58. The van der Waals surface area contributed by atoms with Gasteiger partial charge in [0.05, 0.1) is 13.2 Å². The lowest BCUT2D eigenvalue weighted by Gasteiger charge is -2.11. The SMILES string of the molecule is CCNC(=NCc1ccccc1)NCCCCCCC(=O)OCC.I. The fraction of sp³-hybridized carbons (Fsp3) is 0.579. The van der Waals surface area contributed by atoms with Gasteiger partial charge in [-0.3, -0.25) is 4.79 Å². The summed E-state index contributed by atoms with van der Waals surface area (Å²) in [6.45, 7) is 6.79. The van der Waals surface area contributed by atoms with Crippen LogP contribution < -0.4 is 10.6 Å². The van der Waals surface area contributed by atoms with Crippen molar-refractivity contribution in [2.24, 2.45) is 4.99 Å². The molecule has 0 aliphatic carbocycles. The number of nitrogens with one attached hydrogen (secondary N) is 2. The third kappa shape index (κ3) is 12.7. The number of nitrogens with zero attached hydrogens (tertiary/aromatic N) is 1. The van der Waals surface area contributed by atoms with Crippen LogP contribution in [0.5, 0.6) is 0 Å². The molecule has 6 heteroatoms. The number of carbonyl (C=O) groups is 1. The Hall–Kier alpha value is -1.31. The van der Waals surface area contributed by atoms with E-state index in [1.54, 1.807) is 0 Å². The van der Waals surface area contributed by atoms with Gasteiger partial charge in [-0.25, -0.2) is 4.99 Å². The predicted molar refractivity (Wildman–Crippen MR) is 114 cm³/mol. The van der Waals surface area contributed by atoms with Crippen LogP contribution in [0.15, 0.2) is 35.3 Å². The van der Waals surface area contributed by atoms with Crippen molar-refractivity contribution in [3.63, 3.8) is 0 Å². The highest BCUT2D eigenvalue weighted by Gasteiger charge is 2.01. The highest BCUT2D eigenvalue weighted by atomic mass is 127. The van der Waals surface area contributed by atoms with Crippen molar-refractivity contribution < 1.29 is 9.53 Å². The molecule has 0 bridgehead atoms. The first-order valence-electron chi connectivity index (χ1n) is 8.98. The molecule has 0 saturated carbocycles. The van der Waals surface area contributed by atoms with E-state index in [2.05, 4.69) is 34.7 Å². The number of rotatable bonds is 11. The van der Waals surface area contributed by atoms with Crippen molar-refractivity contribution in [3.8, 4) is 0 Å². The molecule has 0 heterocycles. The van der Waals surface area contributed by atoms with Gasteiger partial charge in [-0.15, -0.1) is 24.0 Å². The Morgan fingerprint density at radius 1 is 1.04 bits per heavy atom. The Bertz CT molecular complexity index is 481. The molecular weight excluding hydrogens is 429 g/mol. The Labute approximate surface area is 169 Å². The van der Waals surface area contributed by atoms with Gasteiger partial charge in [0, 0.05) is 19.5 Å². The number of guanidine groups is 1. The molecule has 0 aliphatic rings. The molecule has 2 N–H and O–H groups in total. The predicted octanol–water partition coefficient (Wildman–Crippen LogP) is 3.87. The highest BCUT2D eigenvalue weighted by Crippen LogP contribution is 2.04. The summed E-state index contributed by atoms with van der Waals surface area (Å²) in [7, 11) is 0.